The number of likely N-dealkylation sites (tertiary alicyclic amines) is 1. The van der Waals surface area contributed by atoms with Gasteiger partial charge in [-0.2, -0.15) is 11.3 Å². The normalized spacial score (nSPS) is 15.6. The van der Waals surface area contributed by atoms with Crippen molar-refractivity contribution in [2.24, 2.45) is 0 Å². The summed E-state index contributed by atoms with van der Waals surface area (Å²) in [7, 11) is 0. The van der Waals surface area contributed by atoms with E-state index in [0.29, 0.717) is 5.56 Å². The average Bonchev–Trinajstić information content (AvgIpc) is 3.31. The zero-order valence-electron chi connectivity index (χ0n) is 13.3. The molecule has 0 radical (unpaired) electrons. The number of rotatable bonds is 5. The molecule has 5 heteroatoms. The van der Waals surface area contributed by atoms with Crippen LogP contribution in [0.15, 0.2) is 53.2 Å². The second kappa shape index (κ2) is 7.93. The van der Waals surface area contributed by atoms with Gasteiger partial charge in [0.25, 0.3) is 5.91 Å². The Morgan fingerprint density at radius 2 is 1.88 bits per heavy atom. The molecule has 3 rings (SSSR count). The first-order chi connectivity index (χ1) is 11.7. The first-order valence-electron chi connectivity index (χ1n) is 7.98. The monoisotopic (exact) mass is 341 g/mol. The van der Waals surface area contributed by atoms with Gasteiger partial charge in [-0.15, -0.1) is 0 Å². The van der Waals surface area contributed by atoms with Gasteiger partial charge >= 0.3 is 5.97 Å². The van der Waals surface area contributed by atoms with Gasteiger partial charge in [-0.25, -0.2) is 4.79 Å². The van der Waals surface area contributed by atoms with Crippen LogP contribution in [0.1, 0.15) is 30.1 Å². The molecule has 0 bridgehead atoms. The fraction of sp³-hybridized carbons (Fsp3) is 0.263. The molecule has 1 aromatic heterocycles. The summed E-state index contributed by atoms with van der Waals surface area (Å²) in [5.41, 5.74) is 1.64. The van der Waals surface area contributed by atoms with Gasteiger partial charge in [0.2, 0.25) is 6.10 Å². The van der Waals surface area contributed by atoms with E-state index in [1.807, 2.05) is 47.2 Å². The molecule has 1 aromatic carbocycles. The van der Waals surface area contributed by atoms with Gasteiger partial charge in [-0.05, 0) is 41.3 Å². The van der Waals surface area contributed by atoms with E-state index in [-0.39, 0.29) is 5.91 Å². The summed E-state index contributed by atoms with van der Waals surface area (Å²) in [5.74, 6) is -0.654. The smallest absolute Gasteiger partial charge is 0.331 e. The number of hydrogen-bond acceptors (Lipinski definition) is 4. The minimum Gasteiger partial charge on any atom is -0.444 e. The summed E-state index contributed by atoms with van der Waals surface area (Å²) in [6.45, 7) is 1.45. The van der Waals surface area contributed by atoms with Crippen molar-refractivity contribution in [1.29, 1.82) is 0 Å². The molecule has 1 saturated heterocycles. The summed E-state index contributed by atoms with van der Waals surface area (Å²) in [4.78, 5) is 26.7. The van der Waals surface area contributed by atoms with Crippen LogP contribution >= 0.6 is 11.3 Å². The molecule has 124 valence electrons. The van der Waals surface area contributed by atoms with E-state index in [1.54, 1.807) is 22.3 Å². The van der Waals surface area contributed by atoms with Crippen molar-refractivity contribution in [2.75, 3.05) is 13.1 Å². The Labute approximate surface area is 145 Å². The van der Waals surface area contributed by atoms with Gasteiger partial charge in [0.1, 0.15) is 0 Å². The van der Waals surface area contributed by atoms with E-state index in [0.717, 1.165) is 31.5 Å². The summed E-state index contributed by atoms with van der Waals surface area (Å²) in [6.07, 6.45) is 4.18. The predicted molar refractivity (Wildman–Crippen MR) is 94.4 cm³/mol. The Morgan fingerprint density at radius 3 is 2.54 bits per heavy atom. The third kappa shape index (κ3) is 4.11. The molecule has 2 heterocycles. The molecule has 1 amide bonds. The Hall–Kier alpha value is -2.40. The Kier molecular flexibility index (Phi) is 5.43. The number of esters is 1. The lowest BCUT2D eigenvalue weighted by atomic mass is 10.1. The molecular formula is C19H19NO3S. The fourth-order valence-corrected chi connectivity index (χ4v) is 3.31. The molecule has 1 aliphatic heterocycles. The summed E-state index contributed by atoms with van der Waals surface area (Å²) < 4.78 is 5.50. The van der Waals surface area contributed by atoms with Gasteiger partial charge in [0.15, 0.2) is 0 Å². The molecule has 24 heavy (non-hydrogen) atoms. The Bertz CT molecular complexity index is 703. The highest BCUT2D eigenvalue weighted by Gasteiger charge is 2.30. The van der Waals surface area contributed by atoms with Gasteiger partial charge < -0.3 is 9.64 Å². The minimum absolute atomic E-state index is 0.143. The van der Waals surface area contributed by atoms with Crippen molar-refractivity contribution in [2.45, 2.75) is 18.9 Å². The molecule has 1 fully saturated rings. The van der Waals surface area contributed by atoms with Crippen molar-refractivity contribution in [3.63, 3.8) is 0 Å². The number of ether oxygens (including phenoxy) is 1. The highest BCUT2D eigenvalue weighted by molar-refractivity contribution is 7.08. The molecule has 0 spiro atoms. The third-order valence-electron chi connectivity index (χ3n) is 3.93. The molecule has 0 aliphatic carbocycles. The molecule has 0 unspecified atom stereocenters. The van der Waals surface area contributed by atoms with Crippen LogP contribution in [0.5, 0.6) is 0 Å². The number of carbonyl (C=O) groups excluding carboxylic acids is 2. The van der Waals surface area contributed by atoms with Crippen molar-refractivity contribution in [3.05, 3.63) is 64.4 Å². The van der Waals surface area contributed by atoms with Crippen LogP contribution in [0.2, 0.25) is 0 Å². The lowest BCUT2D eigenvalue weighted by Gasteiger charge is -2.23. The number of carbonyl (C=O) groups is 2. The van der Waals surface area contributed by atoms with Crippen LogP contribution in [0.4, 0.5) is 0 Å². The topological polar surface area (TPSA) is 46.6 Å². The van der Waals surface area contributed by atoms with E-state index in [4.69, 9.17) is 4.74 Å². The molecule has 1 aliphatic rings. The van der Waals surface area contributed by atoms with E-state index < -0.39 is 12.1 Å². The van der Waals surface area contributed by atoms with Crippen LogP contribution in [0, 0.1) is 0 Å². The lowest BCUT2D eigenvalue weighted by molar-refractivity contribution is -0.156. The molecule has 1 atom stereocenters. The SMILES string of the molecule is O=C(/C=C/c1ccsc1)O[C@@H](C(=O)N1CCCC1)c1ccccc1. The zero-order chi connectivity index (χ0) is 16.8. The van der Waals surface area contributed by atoms with Crippen molar-refractivity contribution in [1.82, 2.24) is 4.90 Å². The largest absolute Gasteiger partial charge is 0.444 e. The van der Waals surface area contributed by atoms with Crippen LogP contribution < -0.4 is 0 Å². The van der Waals surface area contributed by atoms with Crippen LogP contribution in [0.3, 0.4) is 0 Å². The van der Waals surface area contributed by atoms with E-state index in [9.17, 15) is 9.59 Å². The first kappa shape index (κ1) is 16.5. The summed E-state index contributed by atoms with van der Waals surface area (Å²) in [5, 5.41) is 3.88. The second-order valence-electron chi connectivity index (χ2n) is 5.65. The van der Waals surface area contributed by atoms with Crippen LogP contribution in [-0.2, 0) is 14.3 Å². The average molecular weight is 341 g/mol. The Balaban J connectivity index is 1.74. The van der Waals surface area contributed by atoms with Crippen molar-refractivity contribution in [3.8, 4) is 0 Å². The van der Waals surface area contributed by atoms with Crippen LogP contribution in [0.25, 0.3) is 6.08 Å². The molecule has 0 N–H and O–H groups in total. The fourth-order valence-electron chi connectivity index (χ4n) is 2.68. The third-order valence-corrected chi connectivity index (χ3v) is 4.63. The summed E-state index contributed by atoms with van der Waals surface area (Å²) in [6, 6.07) is 11.1. The zero-order valence-corrected chi connectivity index (χ0v) is 14.1. The molecule has 0 saturated carbocycles. The molecule has 2 aromatic rings. The van der Waals surface area contributed by atoms with Gasteiger partial charge in [-0.1, -0.05) is 30.3 Å². The highest BCUT2D eigenvalue weighted by Crippen LogP contribution is 2.23. The number of nitrogens with zero attached hydrogens (tertiary/aromatic N) is 1. The van der Waals surface area contributed by atoms with Gasteiger partial charge in [0.05, 0.1) is 0 Å². The van der Waals surface area contributed by atoms with Crippen molar-refractivity contribution < 1.29 is 14.3 Å². The number of amides is 1. The predicted octanol–water partition coefficient (Wildman–Crippen LogP) is 3.67. The lowest BCUT2D eigenvalue weighted by Crippen LogP contribution is -2.34. The highest BCUT2D eigenvalue weighted by atomic mass is 32.1. The second-order valence-corrected chi connectivity index (χ2v) is 6.43. The summed E-state index contributed by atoms with van der Waals surface area (Å²) >= 11 is 1.56. The van der Waals surface area contributed by atoms with E-state index in [2.05, 4.69) is 0 Å². The first-order valence-corrected chi connectivity index (χ1v) is 8.93. The quantitative estimate of drug-likeness (QED) is 0.616. The number of benzene rings is 1. The maximum atomic E-state index is 12.7. The maximum Gasteiger partial charge on any atom is 0.331 e. The Morgan fingerprint density at radius 1 is 1.12 bits per heavy atom. The molecular weight excluding hydrogens is 322 g/mol. The number of hydrogen-bond donors (Lipinski definition) is 0. The number of thiophene rings is 1. The van der Waals surface area contributed by atoms with Gasteiger partial charge in [0, 0.05) is 24.7 Å². The van der Waals surface area contributed by atoms with E-state index >= 15 is 0 Å². The minimum atomic E-state index is -0.885. The van der Waals surface area contributed by atoms with E-state index in [1.165, 1.54) is 6.08 Å². The standard InChI is InChI=1S/C19H19NO3S/c21-17(9-8-15-10-13-24-14-15)23-18(16-6-2-1-3-7-16)19(22)20-11-4-5-12-20/h1-3,6-10,13-14,18H,4-5,11-12H2/b9-8+/t18-/m1/s1. The maximum absolute atomic E-state index is 12.7. The van der Waals surface area contributed by atoms with Crippen molar-refractivity contribution >= 4 is 29.3 Å². The van der Waals surface area contributed by atoms with Gasteiger partial charge in [-0.3, -0.25) is 4.79 Å². The molecule has 4 nitrogen and oxygen atoms in total. The van der Waals surface area contributed by atoms with Crippen LogP contribution in [-0.4, -0.2) is 29.9 Å².